The number of benzene rings is 1. The molecule has 1 amide bonds. The number of hydrogen-bond donors (Lipinski definition) is 1. The number of rotatable bonds is 4. The van der Waals surface area contributed by atoms with Crippen LogP contribution in [-0.4, -0.2) is 38.4 Å². The van der Waals surface area contributed by atoms with E-state index in [0.717, 1.165) is 41.2 Å². The maximum Gasteiger partial charge on any atom is 0.449 e. The fraction of sp³-hybridized carbons (Fsp3) is 0.389. The number of carbonyl (C=O) groups excluding carboxylic acids is 1. The molecule has 1 N–H and O–H groups in total. The molecule has 0 aliphatic carbocycles. The summed E-state index contributed by atoms with van der Waals surface area (Å²) >= 11 is 1.38. The molecule has 0 spiro atoms. The van der Waals surface area contributed by atoms with Crippen LogP contribution in [-0.2, 0) is 30.5 Å². The van der Waals surface area contributed by atoms with Crippen molar-refractivity contribution in [2.24, 2.45) is 0 Å². The normalized spacial score (nSPS) is 15.0. The summed E-state index contributed by atoms with van der Waals surface area (Å²) in [5.74, 6) is -1.65. The predicted octanol–water partition coefficient (Wildman–Crippen LogP) is 3.53. The first-order valence-electron chi connectivity index (χ1n) is 8.88. The van der Waals surface area contributed by atoms with Gasteiger partial charge in [0, 0.05) is 24.4 Å². The molecule has 0 atom stereocenters. The van der Waals surface area contributed by atoms with Crippen molar-refractivity contribution in [3.63, 3.8) is 0 Å². The number of carbonyl (C=O) groups is 1. The number of imidazole rings is 1. The molecule has 28 heavy (non-hydrogen) atoms. The van der Waals surface area contributed by atoms with Crippen molar-refractivity contribution in [1.82, 2.24) is 19.4 Å². The highest BCUT2D eigenvalue weighted by molar-refractivity contribution is 7.15. The Morgan fingerprint density at radius 1 is 1.29 bits per heavy atom. The molecule has 0 fully saturated rings. The van der Waals surface area contributed by atoms with Gasteiger partial charge in [-0.1, -0.05) is 19.1 Å². The second-order valence-corrected chi connectivity index (χ2v) is 7.65. The number of anilines is 1. The maximum absolute atomic E-state index is 13.4. The lowest BCUT2D eigenvalue weighted by atomic mass is 10.2. The third kappa shape index (κ3) is 3.61. The Labute approximate surface area is 163 Å². The molecule has 2 aromatic heterocycles. The first kappa shape index (κ1) is 18.9. The monoisotopic (exact) mass is 409 g/mol. The van der Waals surface area contributed by atoms with Crippen LogP contribution < -0.4 is 5.32 Å². The van der Waals surface area contributed by atoms with Gasteiger partial charge in [-0.15, -0.1) is 11.3 Å². The van der Waals surface area contributed by atoms with Crippen molar-refractivity contribution in [1.29, 1.82) is 0 Å². The number of halogens is 3. The molecule has 0 saturated carbocycles. The van der Waals surface area contributed by atoms with Crippen molar-refractivity contribution in [3.05, 3.63) is 40.7 Å². The molecule has 3 heterocycles. The lowest BCUT2D eigenvalue weighted by Crippen LogP contribution is -2.29. The van der Waals surface area contributed by atoms with E-state index >= 15 is 0 Å². The van der Waals surface area contributed by atoms with Gasteiger partial charge < -0.3 is 9.88 Å². The molecule has 1 aliphatic rings. The number of para-hydroxylation sites is 2. The third-order valence-electron chi connectivity index (χ3n) is 4.71. The van der Waals surface area contributed by atoms with Gasteiger partial charge in [-0.2, -0.15) is 13.2 Å². The summed E-state index contributed by atoms with van der Waals surface area (Å²) in [6, 6.07) is 6.24. The first-order chi connectivity index (χ1) is 13.3. The van der Waals surface area contributed by atoms with Gasteiger partial charge in [0.25, 0.3) is 0 Å². The molecule has 1 aliphatic heterocycles. The largest absolute Gasteiger partial charge is 0.449 e. The Bertz CT molecular complexity index is 1030. The number of thiazole rings is 1. The van der Waals surface area contributed by atoms with Crippen molar-refractivity contribution < 1.29 is 18.0 Å². The van der Waals surface area contributed by atoms with Crippen LogP contribution in [0.3, 0.4) is 0 Å². The Hall–Kier alpha value is -2.46. The highest BCUT2D eigenvalue weighted by Crippen LogP contribution is 2.32. The van der Waals surface area contributed by atoms with Gasteiger partial charge in [0.05, 0.1) is 16.7 Å². The van der Waals surface area contributed by atoms with Gasteiger partial charge in [-0.25, -0.2) is 9.97 Å². The lowest BCUT2D eigenvalue weighted by Gasteiger charge is -2.23. The highest BCUT2D eigenvalue weighted by Gasteiger charge is 2.38. The lowest BCUT2D eigenvalue weighted by molar-refractivity contribution is -0.147. The van der Waals surface area contributed by atoms with Crippen molar-refractivity contribution in [2.45, 2.75) is 32.6 Å². The fourth-order valence-corrected chi connectivity index (χ4v) is 4.39. The smallest absolute Gasteiger partial charge is 0.311 e. The molecule has 148 valence electrons. The van der Waals surface area contributed by atoms with Gasteiger partial charge in [-0.3, -0.25) is 9.69 Å². The van der Waals surface area contributed by atoms with Crippen LogP contribution in [0.1, 0.15) is 23.3 Å². The molecule has 6 nitrogen and oxygen atoms in total. The second-order valence-electron chi connectivity index (χ2n) is 6.56. The van der Waals surface area contributed by atoms with E-state index in [0.29, 0.717) is 5.13 Å². The van der Waals surface area contributed by atoms with Crippen LogP contribution in [0, 0.1) is 0 Å². The second kappa shape index (κ2) is 7.17. The first-order valence-corrected chi connectivity index (χ1v) is 9.70. The number of alkyl halides is 3. The number of likely N-dealkylation sites (N-methyl/N-ethyl adjacent to an activating group) is 1. The standard InChI is InChI=1S/C18H18F3N5OS/c1-2-25-8-7-12-14(9-25)28-17(23-12)24-15(27)10-26-13-6-4-3-5-11(13)22-16(26)18(19,20)21/h3-6H,2,7-10H2,1H3,(H,23,24,27). The van der Waals surface area contributed by atoms with Crippen LogP contribution in [0.5, 0.6) is 0 Å². The maximum atomic E-state index is 13.4. The Balaban J connectivity index is 1.56. The molecule has 0 unspecified atom stereocenters. The van der Waals surface area contributed by atoms with Crippen molar-refractivity contribution in [2.75, 3.05) is 18.4 Å². The summed E-state index contributed by atoms with van der Waals surface area (Å²) in [5, 5.41) is 3.07. The summed E-state index contributed by atoms with van der Waals surface area (Å²) < 4.78 is 41.0. The van der Waals surface area contributed by atoms with E-state index in [2.05, 4.69) is 27.1 Å². The van der Waals surface area contributed by atoms with Crippen LogP contribution in [0.2, 0.25) is 0 Å². The van der Waals surface area contributed by atoms with Crippen LogP contribution >= 0.6 is 11.3 Å². The SMILES string of the molecule is CCN1CCc2nc(NC(=O)Cn3c(C(F)(F)F)nc4ccccc43)sc2C1. The Kier molecular flexibility index (Phi) is 4.84. The summed E-state index contributed by atoms with van der Waals surface area (Å²) in [4.78, 5) is 23.9. The number of hydrogen-bond acceptors (Lipinski definition) is 5. The topological polar surface area (TPSA) is 63.1 Å². The van der Waals surface area contributed by atoms with Crippen molar-refractivity contribution >= 4 is 33.4 Å². The van der Waals surface area contributed by atoms with Gasteiger partial charge in [-0.05, 0) is 18.7 Å². The number of aromatic nitrogens is 3. The average Bonchev–Trinajstić information content (AvgIpc) is 3.21. The third-order valence-corrected chi connectivity index (χ3v) is 5.71. The molecule has 1 aromatic carbocycles. The van der Waals surface area contributed by atoms with Gasteiger partial charge in [0.2, 0.25) is 11.7 Å². The van der Waals surface area contributed by atoms with Gasteiger partial charge >= 0.3 is 6.18 Å². The molecular weight excluding hydrogens is 391 g/mol. The number of fused-ring (bicyclic) bond motifs is 2. The zero-order valence-corrected chi connectivity index (χ0v) is 15.9. The fourth-order valence-electron chi connectivity index (χ4n) is 3.33. The Morgan fingerprint density at radius 3 is 2.82 bits per heavy atom. The van der Waals surface area contributed by atoms with E-state index in [9.17, 15) is 18.0 Å². The highest BCUT2D eigenvalue weighted by atomic mass is 32.1. The zero-order valence-electron chi connectivity index (χ0n) is 15.1. The van der Waals surface area contributed by atoms with Crippen LogP contribution in [0.15, 0.2) is 24.3 Å². The quantitative estimate of drug-likeness (QED) is 0.716. The summed E-state index contributed by atoms with van der Waals surface area (Å²) in [6.45, 7) is 4.23. The predicted molar refractivity (Wildman–Crippen MR) is 100 cm³/mol. The summed E-state index contributed by atoms with van der Waals surface area (Å²) in [6.07, 6.45) is -3.84. The van der Waals surface area contributed by atoms with Crippen LogP contribution in [0.25, 0.3) is 11.0 Å². The summed E-state index contributed by atoms with van der Waals surface area (Å²) in [7, 11) is 0. The number of amides is 1. The number of nitrogens with one attached hydrogen (secondary N) is 1. The van der Waals surface area contributed by atoms with E-state index in [-0.39, 0.29) is 11.0 Å². The van der Waals surface area contributed by atoms with E-state index in [4.69, 9.17) is 0 Å². The van der Waals surface area contributed by atoms with E-state index in [1.54, 1.807) is 12.1 Å². The molecule has 10 heteroatoms. The molecule has 4 rings (SSSR count). The molecule has 0 radical (unpaired) electrons. The minimum atomic E-state index is -4.65. The average molecular weight is 409 g/mol. The van der Waals surface area contributed by atoms with Gasteiger partial charge in [0.15, 0.2) is 5.13 Å². The molecule has 0 saturated heterocycles. The minimum absolute atomic E-state index is 0.201. The van der Waals surface area contributed by atoms with E-state index < -0.39 is 24.5 Å². The van der Waals surface area contributed by atoms with Crippen LogP contribution in [0.4, 0.5) is 18.3 Å². The van der Waals surface area contributed by atoms with E-state index in [1.807, 2.05) is 0 Å². The zero-order chi connectivity index (χ0) is 19.9. The molecule has 3 aromatic rings. The summed E-state index contributed by atoms with van der Waals surface area (Å²) in [5.41, 5.74) is 1.42. The Morgan fingerprint density at radius 2 is 2.07 bits per heavy atom. The molecular formula is C18H18F3N5OS. The minimum Gasteiger partial charge on any atom is -0.311 e. The number of nitrogens with zero attached hydrogens (tertiary/aromatic N) is 4. The van der Waals surface area contributed by atoms with E-state index in [1.165, 1.54) is 23.5 Å². The van der Waals surface area contributed by atoms with Gasteiger partial charge in [0.1, 0.15) is 6.54 Å². The molecule has 0 bridgehead atoms. The van der Waals surface area contributed by atoms with Crippen molar-refractivity contribution in [3.8, 4) is 0 Å².